The van der Waals surface area contributed by atoms with Crippen LogP contribution in [0.1, 0.15) is 13.3 Å². The first kappa shape index (κ1) is 20.0. The van der Waals surface area contributed by atoms with E-state index in [1.165, 1.54) is 0 Å². The van der Waals surface area contributed by atoms with Crippen molar-refractivity contribution >= 4 is 17.2 Å². The molecular weight excluding hydrogens is 384 g/mol. The summed E-state index contributed by atoms with van der Waals surface area (Å²) in [6, 6.07) is 9.40. The Hall–Kier alpha value is -3.26. The van der Waals surface area contributed by atoms with Crippen molar-refractivity contribution in [2.75, 3.05) is 45.3 Å². The molecule has 0 aliphatic carbocycles. The van der Waals surface area contributed by atoms with E-state index in [4.69, 9.17) is 24.9 Å². The van der Waals surface area contributed by atoms with Crippen molar-refractivity contribution < 1.29 is 19.0 Å². The number of nitrogen functional groups attached to an aromatic ring is 1. The zero-order valence-electron chi connectivity index (χ0n) is 17.0. The number of aromatic nitrogens is 2. The minimum Gasteiger partial charge on any atom is -0.492 e. The Morgan fingerprint density at radius 2 is 2.03 bits per heavy atom. The first-order valence-corrected chi connectivity index (χ1v) is 10.1. The molecule has 30 heavy (non-hydrogen) atoms. The summed E-state index contributed by atoms with van der Waals surface area (Å²) < 4.78 is 18.6. The fraction of sp³-hybridized carbons (Fsp3) is 0.364. The Labute approximate surface area is 175 Å². The van der Waals surface area contributed by atoms with Crippen LogP contribution < -0.4 is 15.2 Å². The molecule has 4 rings (SSSR count). The fourth-order valence-corrected chi connectivity index (χ4v) is 3.45. The van der Waals surface area contributed by atoms with Gasteiger partial charge in [0.1, 0.15) is 5.75 Å². The quantitative estimate of drug-likeness (QED) is 0.602. The van der Waals surface area contributed by atoms with Gasteiger partial charge in [0.2, 0.25) is 5.91 Å². The minimum absolute atomic E-state index is 0.0825. The number of rotatable bonds is 7. The third-order valence-electron chi connectivity index (χ3n) is 4.99. The molecule has 3 heterocycles. The molecule has 0 saturated carbocycles. The number of amides is 1. The van der Waals surface area contributed by atoms with Crippen LogP contribution in [0.25, 0.3) is 16.9 Å². The van der Waals surface area contributed by atoms with Gasteiger partial charge >= 0.3 is 0 Å². The molecule has 3 aromatic rings. The first-order valence-electron chi connectivity index (χ1n) is 10.1. The molecule has 1 amide bonds. The van der Waals surface area contributed by atoms with Gasteiger partial charge in [0.15, 0.2) is 11.4 Å². The summed E-state index contributed by atoms with van der Waals surface area (Å²) in [5, 5.41) is 0. The number of hydrogen-bond donors (Lipinski definition) is 1. The third-order valence-corrected chi connectivity index (χ3v) is 4.99. The predicted octanol–water partition coefficient (Wildman–Crippen LogP) is 2.61. The lowest BCUT2D eigenvalue weighted by Gasteiger charge is -2.26. The highest BCUT2D eigenvalue weighted by molar-refractivity contribution is 5.76. The molecule has 2 aromatic heterocycles. The third kappa shape index (κ3) is 4.33. The molecule has 0 atom stereocenters. The van der Waals surface area contributed by atoms with Gasteiger partial charge in [0.25, 0.3) is 0 Å². The van der Waals surface area contributed by atoms with Crippen LogP contribution in [0.2, 0.25) is 0 Å². The molecule has 1 aromatic carbocycles. The highest BCUT2D eigenvalue weighted by Crippen LogP contribution is 2.30. The van der Waals surface area contributed by atoms with Gasteiger partial charge in [-0.3, -0.25) is 4.79 Å². The van der Waals surface area contributed by atoms with E-state index in [-0.39, 0.29) is 5.91 Å². The van der Waals surface area contributed by atoms with Crippen LogP contribution in [0.3, 0.4) is 0 Å². The molecule has 8 heteroatoms. The highest BCUT2D eigenvalue weighted by atomic mass is 16.5. The summed E-state index contributed by atoms with van der Waals surface area (Å²) in [4.78, 5) is 18.8. The molecule has 0 radical (unpaired) electrons. The van der Waals surface area contributed by atoms with Crippen molar-refractivity contribution in [2.45, 2.75) is 13.3 Å². The number of anilines is 1. The number of imidazole rings is 1. The highest BCUT2D eigenvalue weighted by Gasteiger charge is 2.17. The smallest absolute Gasteiger partial charge is 0.226 e. The topological polar surface area (TPSA) is 91.3 Å². The average Bonchev–Trinajstić information content (AvgIpc) is 3.21. The standard InChI is InChI=1S/C22H26N4O4/c1-2-29-19-6-5-16(14-17(19)23)18-15-26-8-3-4-20(22(26)24-18)30-11-7-21(27)25-9-12-28-13-10-25/h3-6,8,14-15H,2,7,9-13,23H2,1H3. The number of nitrogens with zero attached hydrogens (tertiary/aromatic N) is 3. The number of hydrogen-bond acceptors (Lipinski definition) is 6. The van der Waals surface area contributed by atoms with Crippen LogP contribution in [0.15, 0.2) is 42.7 Å². The van der Waals surface area contributed by atoms with Gasteiger partial charge in [0.05, 0.1) is 44.2 Å². The Balaban J connectivity index is 1.47. The van der Waals surface area contributed by atoms with Crippen LogP contribution in [-0.4, -0.2) is 59.7 Å². The number of nitrogens with two attached hydrogens (primary N) is 1. The van der Waals surface area contributed by atoms with Crippen molar-refractivity contribution in [3.05, 3.63) is 42.7 Å². The van der Waals surface area contributed by atoms with Gasteiger partial charge in [-0.1, -0.05) is 0 Å². The number of benzene rings is 1. The molecular formula is C22H26N4O4. The predicted molar refractivity (Wildman–Crippen MR) is 114 cm³/mol. The number of carbonyl (C=O) groups is 1. The number of carbonyl (C=O) groups excluding carboxylic acids is 1. The maximum absolute atomic E-state index is 12.3. The Kier molecular flexibility index (Phi) is 6.04. The Morgan fingerprint density at radius 1 is 1.20 bits per heavy atom. The number of pyridine rings is 1. The molecule has 1 aliphatic heterocycles. The lowest BCUT2D eigenvalue weighted by atomic mass is 10.1. The normalized spacial score (nSPS) is 14.1. The zero-order valence-corrected chi connectivity index (χ0v) is 17.0. The van der Waals surface area contributed by atoms with Gasteiger partial charge in [0, 0.05) is 31.0 Å². The van der Waals surface area contributed by atoms with Crippen LogP contribution in [-0.2, 0) is 9.53 Å². The molecule has 0 spiro atoms. The van der Waals surface area contributed by atoms with E-state index in [0.717, 1.165) is 11.3 Å². The molecule has 1 saturated heterocycles. The molecule has 2 N–H and O–H groups in total. The van der Waals surface area contributed by atoms with Crippen LogP contribution in [0.4, 0.5) is 5.69 Å². The van der Waals surface area contributed by atoms with Crippen molar-refractivity contribution in [3.8, 4) is 22.8 Å². The second-order valence-corrected chi connectivity index (χ2v) is 7.01. The fourth-order valence-electron chi connectivity index (χ4n) is 3.45. The van der Waals surface area contributed by atoms with Crippen molar-refractivity contribution in [2.24, 2.45) is 0 Å². The van der Waals surface area contributed by atoms with Crippen LogP contribution in [0, 0.1) is 0 Å². The molecule has 1 aliphatic rings. The van der Waals surface area contributed by atoms with E-state index < -0.39 is 0 Å². The summed E-state index contributed by atoms with van der Waals surface area (Å²) in [5.74, 6) is 1.38. The van der Waals surface area contributed by atoms with Crippen LogP contribution >= 0.6 is 0 Å². The molecule has 0 bridgehead atoms. The van der Waals surface area contributed by atoms with Crippen molar-refractivity contribution in [1.82, 2.24) is 14.3 Å². The lowest BCUT2D eigenvalue weighted by molar-refractivity contribution is -0.135. The monoisotopic (exact) mass is 410 g/mol. The molecule has 8 nitrogen and oxygen atoms in total. The van der Waals surface area contributed by atoms with Gasteiger partial charge in [-0.25, -0.2) is 4.98 Å². The summed E-state index contributed by atoms with van der Waals surface area (Å²) >= 11 is 0. The largest absolute Gasteiger partial charge is 0.492 e. The first-order chi connectivity index (χ1) is 14.7. The number of morpholine rings is 1. The van der Waals surface area contributed by atoms with E-state index >= 15 is 0 Å². The Morgan fingerprint density at radius 3 is 2.80 bits per heavy atom. The summed E-state index contributed by atoms with van der Waals surface area (Å²) in [7, 11) is 0. The maximum atomic E-state index is 12.3. The SMILES string of the molecule is CCOc1ccc(-c2cn3cccc(OCCC(=O)N4CCOCC4)c3n2)cc1N. The van der Waals surface area contributed by atoms with Crippen molar-refractivity contribution in [3.63, 3.8) is 0 Å². The summed E-state index contributed by atoms with van der Waals surface area (Å²) in [6.07, 6.45) is 4.16. The summed E-state index contributed by atoms with van der Waals surface area (Å²) in [5.41, 5.74) is 9.04. The average molecular weight is 410 g/mol. The van der Waals surface area contributed by atoms with E-state index in [9.17, 15) is 4.79 Å². The molecule has 158 valence electrons. The second kappa shape index (κ2) is 9.04. The van der Waals surface area contributed by atoms with Gasteiger partial charge in [-0.15, -0.1) is 0 Å². The minimum atomic E-state index is 0.0825. The molecule has 1 fully saturated rings. The maximum Gasteiger partial charge on any atom is 0.226 e. The van der Waals surface area contributed by atoms with E-state index in [1.54, 1.807) is 0 Å². The van der Waals surface area contributed by atoms with Crippen LogP contribution in [0.5, 0.6) is 11.5 Å². The number of ether oxygens (including phenoxy) is 3. The molecule has 0 unspecified atom stereocenters. The van der Waals surface area contributed by atoms with Gasteiger partial charge < -0.3 is 29.2 Å². The van der Waals surface area contributed by atoms with E-state index in [2.05, 4.69) is 0 Å². The van der Waals surface area contributed by atoms with Gasteiger partial charge in [-0.2, -0.15) is 0 Å². The number of fused-ring (bicyclic) bond motifs is 1. The second-order valence-electron chi connectivity index (χ2n) is 7.01. The Bertz CT molecular complexity index is 1030. The zero-order chi connectivity index (χ0) is 20.9. The van der Waals surface area contributed by atoms with E-state index in [1.807, 2.05) is 58.9 Å². The van der Waals surface area contributed by atoms with E-state index in [0.29, 0.717) is 68.8 Å². The van der Waals surface area contributed by atoms with Gasteiger partial charge in [-0.05, 0) is 37.3 Å². The van der Waals surface area contributed by atoms with Crippen molar-refractivity contribution in [1.29, 1.82) is 0 Å². The lowest BCUT2D eigenvalue weighted by Crippen LogP contribution is -2.41. The summed E-state index contributed by atoms with van der Waals surface area (Å²) in [6.45, 7) is 5.26.